The molecular formula is C22H28N2O2. The van der Waals surface area contributed by atoms with Gasteiger partial charge in [0.15, 0.2) is 5.82 Å². The van der Waals surface area contributed by atoms with Crippen LogP contribution in [0.2, 0.25) is 0 Å². The minimum atomic E-state index is -0.160. The monoisotopic (exact) mass is 352 g/mol. The fraction of sp³-hybridized carbons (Fsp3) is 0.409. The fourth-order valence-electron chi connectivity index (χ4n) is 3.23. The van der Waals surface area contributed by atoms with Crippen LogP contribution in [0.4, 0.5) is 0 Å². The van der Waals surface area contributed by atoms with Crippen molar-refractivity contribution in [2.45, 2.75) is 48.0 Å². The number of rotatable bonds is 0. The molecule has 1 fully saturated rings. The van der Waals surface area contributed by atoms with E-state index in [-0.39, 0.29) is 17.2 Å². The van der Waals surface area contributed by atoms with Crippen molar-refractivity contribution in [1.29, 1.82) is 0 Å². The smallest absolute Gasteiger partial charge is 0.266 e. The third-order valence-electron chi connectivity index (χ3n) is 4.38. The maximum atomic E-state index is 12.7. The van der Waals surface area contributed by atoms with Gasteiger partial charge in [-0.25, -0.2) is 4.98 Å². The molecule has 2 heterocycles. The molecule has 138 valence electrons. The predicted molar refractivity (Wildman–Crippen MR) is 107 cm³/mol. The summed E-state index contributed by atoms with van der Waals surface area (Å²) in [6.45, 7) is 12.0. The van der Waals surface area contributed by atoms with Gasteiger partial charge in [-0.05, 0) is 30.4 Å². The molecule has 0 spiro atoms. The summed E-state index contributed by atoms with van der Waals surface area (Å²) in [5.74, 6) is 1.09. The van der Waals surface area contributed by atoms with E-state index in [1.165, 1.54) is 4.57 Å². The highest BCUT2D eigenvalue weighted by molar-refractivity contribution is 6.12. The van der Waals surface area contributed by atoms with Crippen LogP contribution in [0, 0.1) is 11.8 Å². The van der Waals surface area contributed by atoms with Gasteiger partial charge >= 0.3 is 0 Å². The molecule has 0 amide bonds. The molecule has 2 unspecified atom stereocenters. The standard InChI is InChI=1S/C16H10N2O2.3C2H6/c19-14-10-3-1-2-4-13(10)18-15(14)17-12-7-9-5-8(9)6-11(12)16(18)20;3*1-2/h1-4,6-9H,5H2;3*1-2H3. The van der Waals surface area contributed by atoms with Gasteiger partial charge < -0.3 is 0 Å². The maximum absolute atomic E-state index is 12.7. The van der Waals surface area contributed by atoms with Gasteiger partial charge in [0.25, 0.3) is 5.56 Å². The third kappa shape index (κ3) is 3.05. The SMILES string of the molecule is CC.CC.CC.O=C1c2ccccc2-n2c1nc1c(c2=O)=CC2CC2C=1. The lowest BCUT2D eigenvalue weighted by Crippen LogP contribution is -2.48. The second kappa shape index (κ2) is 8.26. The van der Waals surface area contributed by atoms with Crippen LogP contribution in [0.1, 0.15) is 64.1 Å². The number of benzene rings is 1. The summed E-state index contributed by atoms with van der Waals surface area (Å²) in [6, 6.07) is 7.18. The minimum absolute atomic E-state index is 0.120. The van der Waals surface area contributed by atoms with Crippen molar-refractivity contribution in [1.82, 2.24) is 9.55 Å². The number of hydrogen-bond acceptors (Lipinski definition) is 3. The van der Waals surface area contributed by atoms with Crippen molar-refractivity contribution in [3.05, 3.63) is 56.6 Å². The predicted octanol–water partition coefficient (Wildman–Crippen LogP) is 3.07. The molecule has 4 heteroatoms. The molecule has 4 nitrogen and oxygen atoms in total. The van der Waals surface area contributed by atoms with Crippen LogP contribution in [0.5, 0.6) is 0 Å². The normalized spacial score (nSPS) is 19.1. The molecule has 2 aliphatic carbocycles. The van der Waals surface area contributed by atoms with Crippen LogP contribution in [-0.2, 0) is 0 Å². The van der Waals surface area contributed by atoms with E-state index in [1.54, 1.807) is 18.2 Å². The molecule has 1 saturated carbocycles. The van der Waals surface area contributed by atoms with Crippen molar-refractivity contribution in [2.24, 2.45) is 11.8 Å². The van der Waals surface area contributed by atoms with Crippen molar-refractivity contribution in [3.63, 3.8) is 0 Å². The van der Waals surface area contributed by atoms with E-state index < -0.39 is 0 Å². The van der Waals surface area contributed by atoms with Crippen LogP contribution >= 0.6 is 0 Å². The van der Waals surface area contributed by atoms with Gasteiger partial charge in [0, 0.05) is 0 Å². The molecule has 26 heavy (non-hydrogen) atoms. The highest BCUT2D eigenvalue weighted by atomic mass is 16.1. The highest BCUT2D eigenvalue weighted by Crippen LogP contribution is 2.41. The molecule has 1 aromatic heterocycles. The molecule has 2 atom stereocenters. The van der Waals surface area contributed by atoms with E-state index in [0.717, 1.165) is 6.42 Å². The van der Waals surface area contributed by atoms with Crippen molar-refractivity contribution in [2.75, 3.05) is 0 Å². The number of hydrogen-bond donors (Lipinski definition) is 0. The van der Waals surface area contributed by atoms with Crippen LogP contribution in [0.3, 0.4) is 0 Å². The largest absolute Gasteiger partial charge is 0.285 e. The molecule has 5 rings (SSSR count). The molecular weight excluding hydrogens is 324 g/mol. The van der Waals surface area contributed by atoms with Gasteiger partial charge in [0.1, 0.15) is 0 Å². The lowest BCUT2D eigenvalue weighted by atomic mass is 10.1. The Morgan fingerprint density at radius 2 is 1.54 bits per heavy atom. The maximum Gasteiger partial charge on any atom is 0.266 e. The van der Waals surface area contributed by atoms with E-state index in [4.69, 9.17) is 0 Å². The lowest BCUT2D eigenvalue weighted by molar-refractivity contribution is 0.103. The lowest BCUT2D eigenvalue weighted by Gasteiger charge is -2.05. The zero-order chi connectivity index (χ0) is 19.4. The third-order valence-corrected chi connectivity index (χ3v) is 4.38. The number of ketones is 1. The molecule has 0 saturated heterocycles. The number of carbonyl (C=O) groups excluding carboxylic acids is 1. The average molecular weight is 352 g/mol. The van der Waals surface area contributed by atoms with Crippen molar-refractivity contribution >= 4 is 17.9 Å². The van der Waals surface area contributed by atoms with Gasteiger partial charge in [0.05, 0.1) is 21.8 Å². The molecule has 0 radical (unpaired) electrons. The summed E-state index contributed by atoms with van der Waals surface area (Å²) < 4.78 is 1.46. The Hall–Kier alpha value is -2.49. The summed E-state index contributed by atoms with van der Waals surface area (Å²) in [7, 11) is 0. The number of nitrogens with zero attached hydrogens (tertiary/aromatic N) is 2. The zero-order valence-corrected chi connectivity index (χ0v) is 16.5. The van der Waals surface area contributed by atoms with E-state index in [1.807, 2.05) is 59.8 Å². The number of fused-ring (bicyclic) bond motifs is 5. The quantitative estimate of drug-likeness (QED) is 0.625. The highest BCUT2D eigenvalue weighted by Gasteiger charge is 2.37. The Bertz CT molecular complexity index is 986. The van der Waals surface area contributed by atoms with Crippen molar-refractivity contribution in [3.8, 4) is 5.69 Å². The Morgan fingerprint density at radius 1 is 0.923 bits per heavy atom. The first kappa shape index (κ1) is 19.8. The molecule has 3 aliphatic rings. The Labute approximate surface area is 154 Å². The second-order valence-corrected chi connectivity index (χ2v) is 5.62. The average Bonchev–Trinajstić information content (AvgIpc) is 3.43. The van der Waals surface area contributed by atoms with Crippen LogP contribution in [-0.4, -0.2) is 15.3 Å². The summed E-state index contributed by atoms with van der Waals surface area (Å²) in [5, 5.41) is 1.33. The van der Waals surface area contributed by atoms with Crippen LogP contribution in [0.15, 0.2) is 29.1 Å². The number of carbonyl (C=O) groups is 1. The summed E-state index contributed by atoms with van der Waals surface area (Å²) in [4.78, 5) is 29.5. The number of para-hydroxylation sites is 1. The Morgan fingerprint density at radius 3 is 2.23 bits per heavy atom. The number of aromatic nitrogens is 2. The summed E-state index contributed by atoms with van der Waals surface area (Å²) in [5.41, 5.74) is 1.09. The molecule has 0 N–H and O–H groups in total. The molecule has 2 aromatic rings. The molecule has 1 aliphatic heterocycles. The fourth-order valence-corrected chi connectivity index (χ4v) is 3.23. The molecule has 0 bridgehead atoms. The van der Waals surface area contributed by atoms with E-state index in [9.17, 15) is 9.59 Å². The second-order valence-electron chi connectivity index (χ2n) is 5.62. The first-order valence-corrected chi connectivity index (χ1v) is 9.75. The summed E-state index contributed by atoms with van der Waals surface area (Å²) in [6.07, 6.45) is 5.15. The van der Waals surface area contributed by atoms with Gasteiger partial charge in [-0.15, -0.1) is 0 Å². The van der Waals surface area contributed by atoms with Crippen LogP contribution < -0.4 is 16.1 Å². The minimum Gasteiger partial charge on any atom is -0.285 e. The van der Waals surface area contributed by atoms with Gasteiger partial charge in [-0.2, -0.15) is 0 Å². The zero-order valence-electron chi connectivity index (χ0n) is 16.5. The van der Waals surface area contributed by atoms with Gasteiger partial charge in [0.2, 0.25) is 5.78 Å². The first-order valence-electron chi connectivity index (χ1n) is 9.75. The summed E-state index contributed by atoms with van der Waals surface area (Å²) >= 11 is 0. The van der Waals surface area contributed by atoms with E-state index in [0.29, 0.717) is 33.7 Å². The Kier molecular flexibility index (Phi) is 6.30. The topological polar surface area (TPSA) is 52.0 Å². The Balaban J connectivity index is 0.000000371. The van der Waals surface area contributed by atoms with E-state index >= 15 is 0 Å². The van der Waals surface area contributed by atoms with E-state index in [2.05, 4.69) is 4.98 Å². The van der Waals surface area contributed by atoms with Gasteiger partial charge in [-0.3, -0.25) is 14.2 Å². The van der Waals surface area contributed by atoms with Crippen molar-refractivity contribution < 1.29 is 4.79 Å². The van der Waals surface area contributed by atoms with Gasteiger partial charge in [-0.1, -0.05) is 65.8 Å². The van der Waals surface area contributed by atoms with Crippen LogP contribution in [0.25, 0.3) is 17.8 Å². The molecule has 1 aromatic carbocycles. The first-order chi connectivity index (χ1) is 12.7.